The summed E-state index contributed by atoms with van der Waals surface area (Å²) in [6, 6.07) is 8.03. The van der Waals surface area contributed by atoms with Gasteiger partial charge in [-0.3, -0.25) is 0 Å². The molecule has 0 spiro atoms. The second-order valence-corrected chi connectivity index (χ2v) is 5.14. The van der Waals surface area contributed by atoms with Crippen LogP contribution in [0.5, 0.6) is 11.5 Å². The predicted molar refractivity (Wildman–Crippen MR) is 77.9 cm³/mol. The Labute approximate surface area is 115 Å². The van der Waals surface area contributed by atoms with Crippen LogP contribution in [-0.4, -0.2) is 25.3 Å². The maximum absolute atomic E-state index is 6.06. The lowest BCUT2D eigenvalue weighted by molar-refractivity contribution is 0.0736. The Balaban J connectivity index is 2.09. The Bertz CT molecular complexity index is 438. The van der Waals surface area contributed by atoms with Gasteiger partial charge >= 0.3 is 0 Å². The van der Waals surface area contributed by atoms with E-state index in [1.165, 1.54) is 5.57 Å². The lowest BCUT2D eigenvalue weighted by Gasteiger charge is -2.31. The van der Waals surface area contributed by atoms with Crippen molar-refractivity contribution in [2.75, 3.05) is 13.2 Å². The Hall–Kier alpha value is -1.48. The second-order valence-electron chi connectivity index (χ2n) is 5.14. The van der Waals surface area contributed by atoms with Crippen LogP contribution >= 0.6 is 0 Å². The topological polar surface area (TPSA) is 30.5 Å². The molecule has 0 fully saturated rings. The van der Waals surface area contributed by atoms with Gasteiger partial charge in [-0.05, 0) is 38.9 Å². The molecule has 3 heteroatoms. The van der Waals surface area contributed by atoms with E-state index in [-0.39, 0.29) is 12.1 Å². The first-order valence-corrected chi connectivity index (χ1v) is 6.97. The summed E-state index contributed by atoms with van der Waals surface area (Å²) >= 11 is 0. The summed E-state index contributed by atoms with van der Waals surface area (Å²) in [4.78, 5) is 0. The van der Waals surface area contributed by atoms with Crippen molar-refractivity contribution in [2.24, 2.45) is 0 Å². The molecule has 0 saturated carbocycles. The van der Waals surface area contributed by atoms with Crippen molar-refractivity contribution in [3.8, 4) is 11.5 Å². The molecule has 0 amide bonds. The Morgan fingerprint density at radius 2 is 2.11 bits per heavy atom. The van der Waals surface area contributed by atoms with Crippen LogP contribution in [0.3, 0.4) is 0 Å². The summed E-state index contributed by atoms with van der Waals surface area (Å²) in [5.74, 6) is 1.68. The zero-order valence-corrected chi connectivity index (χ0v) is 12.0. The van der Waals surface area contributed by atoms with Crippen molar-refractivity contribution in [3.63, 3.8) is 0 Å². The highest BCUT2D eigenvalue weighted by Gasteiger charge is 2.26. The fraction of sp³-hybridized carbons (Fsp3) is 0.500. The molecule has 0 aliphatic carbocycles. The van der Waals surface area contributed by atoms with E-state index < -0.39 is 0 Å². The van der Waals surface area contributed by atoms with Crippen LogP contribution in [0.15, 0.2) is 35.9 Å². The molecule has 1 aromatic rings. The molecule has 3 nitrogen and oxygen atoms in total. The van der Waals surface area contributed by atoms with Crippen LogP contribution < -0.4 is 14.8 Å². The number of hydrogen-bond donors (Lipinski definition) is 1. The molecule has 0 aromatic heterocycles. The second kappa shape index (κ2) is 6.62. The van der Waals surface area contributed by atoms with Crippen molar-refractivity contribution in [3.05, 3.63) is 35.9 Å². The van der Waals surface area contributed by atoms with E-state index in [2.05, 4.69) is 32.2 Å². The summed E-state index contributed by atoms with van der Waals surface area (Å²) in [5, 5.41) is 3.52. The number of para-hydroxylation sites is 2. The molecule has 1 N–H and O–H groups in total. The zero-order valence-electron chi connectivity index (χ0n) is 12.0. The molecule has 2 atom stereocenters. The standard InChI is InChI=1S/C16H23NO2/c1-4-9-17-13(10-12(2)3)16-11-18-14-7-5-6-8-15(14)19-16/h5-8,10,13,16-17H,4,9,11H2,1-3H3. The number of benzene rings is 1. The average Bonchev–Trinajstić information content (AvgIpc) is 2.42. The first kappa shape index (κ1) is 13.9. The zero-order chi connectivity index (χ0) is 13.7. The van der Waals surface area contributed by atoms with Crippen molar-refractivity contribution in [1.29, 1.82) is 0 Å². The lowest BCUT2D eigenvalue weighted by atomic mass is 10.1. The number of ether oxygens (including phenoxy) is 2. The fourth-order valence-corrected chi connectivity index (χ4v) is 2.18. The highest BCUT2D eigenvalue weighted by Crippen LogP contribution is 2.31. The van der Waals surface area contributed by atoms with E-state index in [0.717, 1.165) is 24.5 Å². The van der Waals surface area contributed by atoms with Gasteiger partial charge in [0.15, 0.2) is 17.6 Å². The maximum Gasteiger partial charge on any atom is 0.161 e. The van der Waals surface area contributed by atoms with E-state index in [0.29, 0.717) is 6.61 Å². The third-order valence-electron chi connectivity index (χ3n) is 3.07. The number of allylic oxidation sites excluding steroid dienone is 1. The monoisotopic (exact) mass is 261 g/mol. The van der Waals surface area contributed by atoms with Gasteiger partial charge in [-0.25, -0.2) is 0 Å². The molecule has 1 heterocycles. The summed E-state index contributed by atoms with van der Waals surface area (Å²) in [6.07, 6.45) is 3.35. The first-order valence-electron chi connectivity index (χ1n) is 6.97. The quantitative estimate of drug-likeness (QED) is 0.826. The summed E-state index contributed by atoms with van der Waals surface area (Å²) in [5.41, 5.74) is 1.29. The number of nitrogens with one attached hydrogen (secondary N) is 1. The van der Waals surface area contributed by atoms with Gasteiger partial charge in [0.25, 0.3) is 0 Å². The molecule has 0 bridgehead atoms. The minimum absolute atomic E-state index is 0.0244. The van der Waals surface area contributed by atoms with Gasteiger partial charge in [-0.1, -0.05) is 30.7 Å². The molecule has 0 radical (unpaired) electrons. The van der Waals surface area contributed by atoms with Gasteiger partial charge in [0.05, 0.1) is 6.04 Å². The van der Waals surface area contributed by atoms with Crippen molar-refractivity contribution in [1.82, 2.24) is 5.32 Å². The van der Waals surface area contributed by atoms with E-state index in [1.807, 2.05) is 24.3 Å². The smallest absolute Gasteiger partial charge is 0.161 e. The third-order valence-corrected chi connectivity index (χ3v) is 3.07. The number of fused-ring (bicyclic) bond motifs is 1. The molecule has 1 aliphatic rings. The van der Waals surface area contributed by atoms with E-state index in [9.17, 15) is 0 Å². The summed E-state index contributed by atoms with van der Waals surface area (Å²) in [6.45, 7) is 7.95. The van der Waals surface area contributed by atoms with Gasteiger partial charge < -0.3 is 14.8 Å². The number of rotatable bonds is 5. The average molecular weight is 261 g/mol. The Morgan fingerprint density at radius 3 is 2.79 bits per heavy atom. The normalized spacial score (nSPS) is 18.8. The molecule has 0 saturated heterocycles. The summed E-state index contributed by atoms with van der Waals surface area (Å²) < 4.78 is 11.8. The van der Waals surface area contributed by atoms with E-state index in [4.69, 9.17) is 9.47 Å². The van der Waals surface area contributed by atoms with Gasteiger partial charge in [0.2, 0.25) is 0 Å². The minimum Gasteiger partial charge on any atom is -0.486 e. The highest BCUT2D eigenvalue weighted by molar-refractivity contribution is 5.41. The first-order chi connectivity index (χ1) is 9.20. The van der Waals surface area contributed by atoms with Crippen LogP contribution in [0, 0.1) is 0 Å². The van der Waals surface area contributed by atoms with E-state index in [1.54, 1.807) is 0 Å². The van der Waals surface area contributed by atoms with Gasteiger partial charge in [0.1, 0.15) is 6.61 Å². The molecule has 1 aliphatic heterocycles. The molecular weight excluding hydrogens is 238 g/mol. The predicted octanol–water partition coefficient (Wildman–Crippen LogP) is 3.16. The molecule has 2 unspecified atom stereocenters. The SMILES string of the molecule is CCCNC(C=C(C)C)C1COc2ccccc2O1. The molecule has 2 rings (SSSR count). The van der Waals surface area contributed by atoms with Crippen LogP contribution in [-0.2, 0) is 0 Å². The number of hydrogen-bond acceptors (Lipinski definition) is 3. The molecule has 19 heavy (non-hydrogen) atoms. The van der Waals surface area contributed by atoms with Crippen molar-refractivity contribution < 1.29 is 9.47 Å². The van der Waals surface area contributed by atoms with Crippen LogP contribution in [0.2, 0.25) is 0 Å². The van der Waals surface area contributed by atoms with Crippen LogP contribution in [0.25, 0.3) is 0 Å². The Kier molecular flexibility index (Phi) is 4.86. The molecular formula is C16H23NO2. The van der Waals surface area contributed by atoms with Crippen LogP contribution in [0.1, 0.15) is 27.2 Å². The van der Waals surface area contributed by atoms with Crippen LogP contribution in [0.4, 0.5) is 0 Å². The summed E-state index contributed by atoms with van der Waals surface area (Å²) in [7, 11) is 0. The lowest BCUT2D eigenvalue weighted by Crippen LogP contribution is -2.47. The maximum atomic E-state index is 6.06. The van der Waals surface area contributed by atoms with Crippen molar-refractivity contribution >= 4 is 0 Å². The molecule has 1 aromatic carbocycles. The van der Waals surface area contributed by atoms with Gasteiger partial charge in [-0.2, -0.15) is 0 Å². The molecule has 104 valence electrons. The Morgan fingerprint density at radius 1 is 1.37 bits per heavy atom. The minimum atomic E-state index is 0.0244. The van der Waals surface area contributed by atoms with Gasteiger partial charge in [0, 0.05) is 0 Å². The fourth-order valence-electron chi connectivity index (χ4n) is 2.18. The van der Waals surface area contributed by atoms with Gasteiger partial charge in [-0.15, -0.1) is 0 Å². The van der Waals surface area contributed by atoms with Crippen molar-refractivity contribution in [2.45, 2.75) is 39.3 Å². The highest BCUT2D eigenvalue weighted by atomic mass is 16.6. The largest absolute Gasteiger partial charge is 0.486 e. The third kappa shape index (κ3) is 3.74. The van der Waals surface area contributed by atoms with E-state index >= 15 is 0 Å².